The number of rotatable bonds is 7. The van der Waals surface area contributed by atoms with Crippen molar-refractivity contribution in [2.24, 2.45) is 5.92 Å². The third-order valence-electron chi connectivity index (χ3n) is 4.25. The van der Waals surface area contributed by atoms with Crippen LogP contribution in [-0.4, -0.2) is 55.0 Å². The molecular weight excluding hydrogens is 310 g/mol. The van der Waals surface area contributed by atoms with Gasteiger partial charge in [0.05, 0.1) is 12.7 Å². The predicted octanol–water partition coefficient (Wildman–Crippen LogP) is 3.14. The molecule has 0 aromatic heterocycles. The second kappa shape index (κ2) is 8.70. The van der Waals surface area contributed by atoms with Crippen molar-refractivity contribution in [1.82, 2.24) is 4.90 Å². The minimum absolute atomic E-state index is 0.000529. The van der Waals surface area contributed by atoms with E-state index in [1.807, 2.05) is 20.8 Å². The lowest BCUT2D eigenvalue weighted by Crippen LogP contribution is -2.43. The van der Waals surface area contributed by atoms with Gasteiger partial charge in [-0.15, -0.1) is 0 Å². The number of ether oxygens (including phenoxy) is 3. The molecule has 0 radical (unpaired) electrons. The molecule has 6 nitrogen and oxygen atoms in total. The van der Waals surface area contributed by atoms with Gasteiger partial charge < -0.3 is 19.1 Å². The van der Waals surface area contributed by atoms with Crippen molar-refractivity contribution in [3.8, 4) is 0 Å². The lowest BCUT2D eigenvalue weighted by Gasteiger charge is -2.33. The molecule has 1 saturated heterocycles. The van der Waals surface area contributed by atoms with Gasteiger partial charge in [-0.2, -0.15) is 0 Å². The van der Waals surface area contributed by atoms with E-state index in [1.54, 1.807) is 4.90 Å². The Balaban J connectivity index is 1.53. The zero-order valence-corrected chi connectivity index (χ0v) is 15.2. The zero-order chi connectivity index (χ0) is 17.6. The summed E-state index contributed by atoms with van der Waals surface area (Å²) in [4.78, 5) is 25.3. The molecule has 0 unspecified atom stereocenters. The maximum atomic E-state index is 12.0. The average molecular weight is 341 g/mol. The molecule has 2 fully saturated rings. The van der Waals surface area contributed by atoms with Crippen LogP contribution in [0.1, 0.15) is 59.3 Å². The third-order valence-corrected chi connectivity index (χ3v) is 4.25. The molecule has 2 rings (SSSR count). The van der Waals surface area contributed by atoms with Crippen molar-refractivity contribution in [3.63, 3.8) is 0 Å². The Bertz CT molecular complexity index is 420. The van der Waals surface area contributed by atoms with E-state index >= 15 is 0 Å². The molecule has 138 valence electrons. The van der Waals surface area contributed by atoms with Crippen LogP contribution in [0.15, 0.2) is 0 Å². The Labute approximate surface area is 144 Å². The van der Waals surface area contributed by atoms with E-state index in [2.05, 4.69) is 0 Å². The van der Waals surface area contributed by atoms with Gasteiger partial charge >= 0.3 is 12.1 Å². The third kappa shape index (κ3) is 7.51. The summed E-state index contributed by atoms with van der Waals surface area (Å²) in [5.74, 6) is 0.579. The minimum atomic E-state index is -0.478. The van der Waals surface area contributed by atoms with Gasteiger partial charge in [0, 0.05) is 13.1 Å². The molecule has 0 bridgehead atoms. The standard InChI is InChI=1S/C18H31NO5/c1-18(2,3)24-17(21)19-10-8-15(9-11-19)23-13-16(20)22-12-4-5-14-6-7-14/h14-15H,4-13H2,1-3H3. The van der Waals surface area contributed by atoms with E-state index < -0.39 is 5.60 Å². The van der Waals surface area contributed by atoms with Crippen LogP contribution in [-0.2, 0) is 19.0 Å². The van der Waals surface area contributed by atoms with Crippen molar-refractivity contribution in [2.75, 3.05) is 26.3 Å². The number of hydrogen-bond donors (Lipinski definition) is 0. The van der Waals surface area contributed by atoms with Gasteiger partial charge in [0.2, 0.25) is 0 Å². The Morgan fingerprint density at radius 1 is 1.08 bits per heavy atom. The molecule has 2 aliphatic rings. The van der Waals surface area contributed by atoms with Gasteiger partial charge in [0.25, 0.3) is 0 Å². The number of hydrogen-bond acceptors (Lipinski definition) is 5. The van der Waals surface area contributed by atoms with Crippen LogP contribution in [0.3, 0.4) is 0 Å². The molecule has 1 saturated carbocycles. The summed E-state index contributed by atoms with van der Waals surface area (Å²) in [7, 11) is 0. The first kappa shape index (κ1) is 19.0. The highest BCUT2D eigenvalue weighted by Gasteiger charge is 2.27. The summed E-state index contributed by atoms with van der Waals surface area (Å²) in [5, 5.41) is 0. The monoisotopic (exact) mass is 341 g/mol. The molecule has 1 aliphatic heterocycles. The van der Waals surface area contributed by atoms with Crippen LogP contribution >= 0.6 is 0 Å². The molecule has 0 atom stereocenters. The average Bonchev–Trinajstić information content (AvgIpc) is 3.32. The number of nitrogens with zero attached hydrogens (tertiary/aromatic N) is 1. The Kier molecular flexibility index (Phi) is 6.90. The largest absolute Gasteiger partial charge is 0.464 e. The van der Waals surface area contributed by atoms with Gasteiger partial charge in [0.15, 0.2) is 0 Å². The number of amides is 1. The van der Waals surface area contributed by atoms with Crippen LogP contribution < -0.4 is 0 Å². The normalized spacial score (nSPS) is 19.2. The molecule has 1 amide bonds. The lowest BCUT2D eigenvalue weighted by atomic mass is 10.1. The van der Waals surface area contributed by atoms with E-state index in [-0.39, 0.29) is 24.8 Å². The van der Waals surface area contributed by atoms with Gasteiger partial charge in [-0.1, -0.05) is 12.8 Å². The Morgan fingerprint density at radius 3 is 2.33 bits per heavy atom. The SMILES string of the molecule is CC(C)(C)OC(=O)N1CCC(OCC(=O)OCCCC2CC2)CC1. The zero-order valence-electron chi connectivity index (χ0n) is 15.2. The van der Waals surface area contributed by atoms with Crippen LogP contribution in [0.5, 0.6) is 0 Å². The lowest BCUT2D eigenvalue weighted by molar-refractivity contribution is -0.152. The van der Waals surface area contributed by atoms with E-state index in [9.17, 15) is 9.59 Å². The van der Waals surface area contributed by atoms with Crippen LogP contribution in [0, 0.1) is 5.92 Å². The summed E-state index contributed by atoms with van der Waals surface area (Å²) >= 11 is 0. The summed E-state index contributed by atoms with van der Waals surface area (Å²) in [6, 6.07) is 0. The second-order valence-electron chi connectivity index (χ2n) is 7.78. The smallest absolute Gasteiger partial charge is 0.410 e. The van der Waals surface area contributed by atoms with Crippen molar-refractivity contribution in [1.29, 1.82) is 0 Å². The summed E-state index contributed by atoms with van der Waals surface area (Å²) in [6.07, 6.45) is 5.93. The highest BCUT2D eigenvalue weighted by molar-refractivity contribution is 5.70. The van der Waals surface area contributed by atoms with Crippen LogP contribution in [0.2, 0.25) is 0 Å². The number of piperidine rings is 1. The van der Waals surface area contributed by atoms with E-state index in [1.165, 1.54) is 12.8 Å². The first-order valence-electron chi connectivity index (χ1n) is 9.08. The fourth-order valence-electron chi connectivity index (χ4n) is 2.72. The molecule has 0 aromatic carbocycles. The first-order chi connectivity index (χ1) is 11.3. The first-order valence-corrected chi connectivity index (χ1v) is 9.08. The molecule has 1 heterocycles. The van der Waals surface area contributed by atoms with Gasteiger partial charge in [0.1, 0.15) is 12.2 Å². The highest BCUT2D eigenvalue weighted by Crippen LogP contribution is 2.33. The predicted molar refractivity (Wildman–Crippen MR) is 89.7 cm³/mol. The second-order valence-corrected chi connectivity index (χ2v) is 7.78. The van der Waals surface area contributed by atoms with Crippen LogP contribution in [0.25, 0.3) is 0 Å². The van der Waals surface area contributed by atoms with Gasteiger partial charge in [-0.3, -0.25) is 0 Å². The molecule has 6 heteroatoms. The van der Waals surface area contributed by atoms with Crippen LogP contribution in [0.4, 0.5) is 4.79 Å². The summed E-state index contributed by atoms with van der Waals surface area (Å²) in [6.45, 7) is 7.26. The number of esters is 1. The summed E-state index contributed by atoms with van der Waals surface area (Å²) in [5.41, 5.74) is -0.478. The highest BCUT2D eigenvalue weighted by atomic mass is 16.6. The topological polar surface area (TPSA) is 65.1 Å². The molecule has 0 N–H and O–H groups in total. The Morgan fingerprint density at radius 2 is 1.75 bits per heavy atom. The molecular formula is C18H31NO5. The van der Waals surface area contributed by atoms with Crippen molar-refractivity contribution >= 4 is 12.1 Å². The maximum absolute atomic E-state index is 12.0. The number of carbonyl (C=O) groups excluding carboxylic acids is 2. The van der Waals surface area contributed by atoms with Crippen molar-refractivity contribution < 1.29 is 23.8 Å². The number of likely N-dealkylation sites (tertiary alicyclic amines) is 1. The number of carbonyl (C=O) groups is 2. The maximum Gasteiger partial charge on any atom is 0.410 e. The van der Waals surface area contributed by atoms with Crippen molar-refractivity contribution in [2.45, 2.75) is 71.0 Å². The summed E-state index contributed by atoms with van der Waals surface area (Å²) < 4.78 is 16.1. The van der Waals surface area contributed by atoms with E-state index in [0.29, 0.717) is 32.5 Å². The minimum Gasteiger partial charge on any atom is -0.464 e. The molecule has 1 aliphatic carbocycles. The fourth-order valence-corrected chi connectivity index (χ4v) is 2.72. The molecule has 24 heavy (non-hydrogen) atoms. The quantitative estimate of drug-likeness (QED) is 0.526. The fraction of sp³-hybridized carbons (Fsp3) is 0.889. The van der Waals surface area contributed by atoms with Gasteiger partial charge in [-0.25, -0.2) is 9.59 Å². The molecule has 0 spiro atoms. The van der Waals surface area contributed by atoms with Crippen molar-refractivity contribution in [3.05, 3.63) is 0 Å². The Hall–Kier alpha value is -1.30. The van der Waals surface area contributed by atoms with E-state index in [0.717, 1.165) is 18.8 Å². The van der Waals surface area contributed by atoms with E-state index in [4.69, 9.17) is 14.2 Å². The van der Waals surface area contributed by atoms with Gasteiger partial charge in [-0.05, 0) is 52.4 Å². The molecule has 0 aromatic rings.